The van der Waals surface area contributed by atoms with Crippen LogP contribution >= 0.6 is 15.9 Å². The van der Waals surface area contributed by atoms with Gasteiger partial charge in [-0.15, -0.1) is 0 Å². The maximum absolute atomic E-state index is 11.2. The fourth-order valence-corrected chi connectivity index (χ4v) is 4.80. The Bertz CT molecular complexity index is 930. The molecule has 0 aliphatic carbocycles. The number of carbonyl (C=O) groups excluding carboxylic acids is 1. The molecule has 1 atom stereocenters. The summed E-state index contributed by atoms with van der Waals surface area (Å²) >= 11 is 3.31. The number of benzene rings is 2. The van der Waals surface area contributed by atoms with Gasteiger partial charge in [-0.1, -0.05) is 0 Å². The third-order valence-corrected chi connectivity index (χ3v) is 6.70. The third-order valence-electron chi connectivity index (χ3n) is 4.04. The molecule has 0 aliphatic rings. The van der Waals surface area contributed by atoms with Crippen LogP contribution < -0.4 is 13.6 Å². The van der Waals surface area contributed by atoms with E-state index in [0.717, 1.165) is 25.6 Å². The Morgan fingerprint density at radius 1 is 1.15 bits per heavy atom. The molecule has 2 aromatic carbocycles. The van der Waals surface area contributed by atoms with Crippen molar-refractivity contribution in [2.45, 2.75) is 25.9 Å². The zero-order valence-electron chi connectivity index (χ0n) is 15.2. The summed E-state index contributed by atoms with van der Waals surface area (Å²) in [6.07, 6.45) is 0.965. The molecule has 1 heterocycles. The zero-order valence-corrected chi connectivity index (χ0v) is 18.6. The molecule has 0 N–H and O–H groups in total. The van der Waals surface area contributed by atoms with Crippen molar-refractivity contribution in [1.29, 1.82) is 0 Å². The zero-order chi connectivity index (χ0) is 19.2. The summed E-state index contributed by atoms with van der Waals surface area (Å²) in [5, 5.41) is 1.14. The number of hydrogen-bond acceptors (Lipinski definition) is 4. The predicted octanol–water partition coefficient (Wildman–Crippen LogP) is 3.37. The molecule has 0 spiro atoms. The maximum atomic E-state index is 11.2. The van der Waals surface area contributed by atoms with E-state index >= 15 is 0 Å². The van der Waals surface area contributed by atoms with E-state index in [9.17, 15) is 4.79 Å². The minimum absolute atomic E-state index is 0.0373. The van der Waals surface area contributed by atoms with Crippen LogP contribution in [0.1, 0.15) is 19.8 Å². The van der Waals surface area contributed by atoms with Gasteiger partial charge in [0.2, 0.25) is 0 Å². The molecule has 1 unspecified atom stereocenters. The number of methoxy groups -OCH3 is 1. The van der Waals surface area contributed by atoms with Crippen LogP contribution in [0, 0.1) is 0 Å². The summed E-state index contributed by atoms with van der Waals surface area (Å²) in [5.74, 6) is 0.605. The van der Waals surface area contributed by atoms with Crippen LogP contribution in [0.5, 0.6) is 5.75 Å². The van der Waals surface area contributed by atoms with E-state index in [2.05, 4.69) is 51.0 Å². The molecule has 1 radical (unpaired) electrons. The van der Waals surface area contributed by atoms with Gasteiger partial charge in [0.05, 0.1) is 0 Å². The molecule has 0 saturated carbocycles. The monoisotopic (exact) mass is 488 g/mol. The van der Waals surface area contributed by atoms with Crippen molar-refractivity contribution >= 4 is 57.4 Å². The molecule has 139 valence electrons. The Morgan fingerprint density at radius 2 is 1.93 bits per heavy atom. The van der Waals surface area contributed by atoms with E-state index in [4.69, 9.17) is 9.72 Å². The normalized spacial score (nSPS) is 12.4. The topological polar surface area (TPSA) is 48.4 Å². The second-order valence-corrected chi connectivity index (χ2v) is 9.59. The average Bonchev–Trinajstić information content (AvgIpc) is 2.67. The van der Waals surface area contributed by atoms with Gasteiger partial charge >= 0.3 is 174 Å². The van der Waals surface area contributed by atoms with Crippen LogP contribution in [0.3, 0.4) is 0 Å². The summed E-state index contributed by atoms with van der Waals surface area (Å²) in [7, 11) is 1.40. The molecule has 3 aromatic rings. The van der Waals surface area contributed by atoms with Crippen molar-refractivity contribution in [1.82, 2.24) is 4.98 Å². The van der Waals surface area contributed by atoms with Gasteiger partial charge in [0.15, 0.2) is 0 Å². The number of carbonyl (C=O) groups is 1. The van der Waals surface area contributed by atoms with E-state index in [-0.39, 0.29) is 27.8 Å². The molecule has 1 aromatic heterocycles. The molecule has 0 fully saturated rings. The Kier molecular flexibility index (Phi) is 6.92. The van der Waals surface area contributed by atoms with Crippen LogP contribution in [0.15, 0.2) is 59.1 Å². The molecule has 6 heteroatoms. The second kappa shape index (κ2) is 9.38. The second-order valence-electron chi connectivity index (χ2n) is 6.16. The van der Waals surface area contributed by atoms with Gasteiger partial charge in [-0.3, -0.25) is 0 Å². The molecule has 0 bridgehead atoms. The van der Waals surface area contributed by atoms with Gasteiger partial charge < -0.3 is 0 Å². The van der Waals surface area contributed by atoms with Crippen molar-refractivity contribution in [3.05, 3.63) is 59.1 Å². The van der Waals surface area contributed by atoms with Gasteiger partial charge in [0, 0.05) is 0 Å². The summed E-state index contributed by atoms with van der Waals surface area (Å²) < 4.78 is 14.0. The molecular formula is C21H20AsBrNO3. The fourth-order valence-electron chi connectivity index (χ4n) is 2.59. The van der Waals surface area contributed by atoms with Gasteiger partial charge in [0.1, 0.15) is 0 Å². The van der Waals surface area contributed by atoms with Crippen LogP contribution in [0.25, 0.3) is 10.9 Å². The van der Waals surface area contributed by atoms with Gasteiger partial charge in [0.25, 0.3) is 0 Å². The predicted molar refractivity (Wildman–Crippen MR) is 112 cm³/mol. The first-order valence-electron chi connectivity index (χ1n) is 8.65. The van der Waals surface area contributed by atoms with E-state index in [1.165, 1.54) is 11.5 Å². The Hall–Kier alpha value is -1.84. The van der Waals surface area contributed by atoms with Crippen LogP contribution in [0.4, 0.5) is 0 Å². The van der Waals surface area contributed by atoms with Gasteiger partial charge in [-0.25, -0.2) is 0 Å². The van der Waals surface area contributed by atoms with E-state index in [0.29, 0.717) is 12.8 Å². The number of rotatable bonds is 7. The van der Waals surface area contributed by atoms with Crippen molar-refractivity contribution in [2.75, 3.05) is 7.11 Å². The first-order valence-corrected chi connectivity index (χ1v) is 11.3. The number of esters is 1. The molecular weight excluding hydrogens is 469 g/mol. The minimum atomic E-state index is -0.208. The number of aromatic nitrogens is 1. The van der Waals surface area contributed by atoms with Gasteiger partial charge in [-0.2, -0.15) is 0 Å². The number of hydrogen-bond donors (Lipinski definition) is 0. The van der Waals surface area contributed by atoms with E-state index in [1.807, 2.05) is 31.2 Å². The molecule has 4 nitrogen and oxygen atoms in total. The number of pyridine rings is 1. The third kappa shape index (κ3) is 5.82. The van der Waals surface area contributed by atoms with Gasteiger partial charge in [-0.05, 0) is 0 Å². The SMILES string of the molecule is COC(=O)CCC(C)Oc1ccc([As]c2ccc3cc(Br)ccc3n2)cc1. The Morgan fingerprint density at radius 3 is 2.67 bits per heavy atom. The van der Waals surface area contributed by atoms with Crippen molar-refractivity contribution in [3.63, 3.8) is 0 Å². The quantitative estimate of drug-likeness (QED) is 0.378. The van der Waals surface area contributed by atoms with Crippen molar-refractivity contribution < 1.29 is 14.3 Å². The molecule has 0 aliphatic heterocycles. The molecule has 0 saturated heterocycles. The summed E-state index contributed by atoms with van der Waals surface area (Å²) in [6.45, 7) is 1.96. The van der Waals surface area contributed by atoms with Crippen molar-refractivity contribution in [2.24, 2.45) is 0 Å². The number of halogens is 1. The van der Waals surface area contributed by atoms with Crippen LogP contribution in [-0.2, 0) is 9.53 Å². The molecule has 0 amide bonds. The van der Waals surface area contributed by atoms with Crippen LogP contribution in [-0.4, -0.2) is 39.9 Å². The van der Waals surface area contributed by atoms with Crippen molar-refractivity contribution in [3.8, 4) is 5.75 Å². The molecule has 27 heavy (non-hydrogen) atoms. The first-order chi connectivity index (χ1) is 13.0. The number of fused-ring (bicyclic) bond motifs is 1. The standard InChI is InChI=1S/C21H20AsBrNO3/c1-14(3-12-21(25)26-2)27-18-8-5-16(6-9-18)22-20-11-4-15-13-17(23)7-10-19(15)24-20/h4-11,13-14H,3,12H2,1-2H3. The Labute approximate surface area is 174 Å². The van der Waals surface area contributed by atoms with E-state index in [1.54, 1.807) is 0 Å². The van der Waals surface area contributed by atoms with E-state index < -0.39 is 0 Å². The number of nitrogens with zero attached hydrogens (tertiary/aromatic N) is 1. The Balaban J connectivity index is 1.60. The average molecular weight is 489 g/mol. The first kappa shape index (κ1) is 19.9. The summed E-state index contributed by atoms with van der Waals surface area (Å²) in [4.78, 5) is 16.0. The molecule has 3 rings (SSSR count). The van der Waals surface area contributed by atoms with Crippen LogP contribution in [0.2, 0.25) is 0 Å². The fraction of sp³-hybridized carbons (Fsp3) is 0.238. The summed E-state index contributed by atoms with van der Waals surface area (Å²) in [5.41, 5.74) is 1.02. The summed E-state index contributed by atoms with van der Waals surface area (Å²) in [6, 6.07) is 18.5. The number of ether oxygens (including phenoxy) is 2.